The van der Waals surface area contributed by atoms with Gasteiger partial charge in [0.1, 0.15) is 11.9 Å². The average molecular weight is 463 g/mol. The SMILES string of the molecule is OC(c1cc2cccc(Cl)c2o1)c1cc(I)ccc1Br. The fraction of sp³-hybridized carbons (Fsp3) is 0.0667. The van der Waals surface area contributed by atoms with Gasteiger partial charge in [0.05, 0.1) is 5.02 Å². The Balaban J connectivity index is 2.10. The van der Waals surface area contributed by atoms with Gasteiger partial charge in [-0.05, 0) is 52.9 Å². The Hall–Kier alpha value is -0.560. The van der Waals surface area contributed by atoms with Gasteiger partial charge in [0.25, 0.3) is 0 Å². The summed E-state index contributed by atoms with van der Waals surface area (Å²) in [6, 6.07) is 13.2. The van der Waals surface area contributed by atoms with Crippen molar-refractivity contribution in [3.63, 3.8) is 0 Å². The predicted molar refractivity (Wildman–Crippen MR) is 92.1 cm³/mol. The molecule has 102 valence electrons. The Bertz CT molecular complexity index is 785. The number of rotatable bonds is 2. The van der Waals surface area contributed by atoms with Crippen molar-refractivity contribution in [3.05, 3.63) is 66.9 Å². The Labute approximate surface area is 143 Å². The number of benzene rings is 2. The van der Waals surface area contributed by atoms with Gasteiger partial charge in [-0.15, -0.1) is 0 Å². The third kappa shape index (κ3) is 2.62. The first kappa shape index (κ1) is 14.4. The summed E-state index contributed by atoms with van der Waals surface area (Å²) >= 11 is 11.8. The van der Waals surface area contributed by atoms with Gasteiger partial charge in [0.2, 0.25) is 0 Å². The number of para-hydroxylation sites is 1. The smallest absolute Gasteiger partial charge is 0.153 e. The molecule has 0 radical (unpaired) electrons. The van der Waals surface area contributed by atoms with E-state index in [1.165, 1.54) is 0 Å². The van der Waals surface area contributed by atoms with E-state index in [0.717, 1.165) is 19.0 Å². The lowest BCUT2D eigenvalue weighted by molar-refractivity contribution is 0.191. The lowest BCUT2D eigenvalue weighted by Crippen LogP contribution is -1.99. The van der Waals surface area contributed by atoms with Crippen LogP contribution in [0.5, 0.6) is 0 Å². The standard InChI is InChI=1S/C15H9BrClIO2/c16-11-5-4-9(18)7-10(11)14(19)13-6-8-2-1-3-12(17)15(8)20-13/h1-7,14,19H. The van der Waals surface area contributed by atoms with Crippen molar-refractivity contribution in [2.45, 2.75) is 6.10 Å². The zero-order valence-corrected chi connectivity index (χ0v) is 14.6. The molecule has 1 aromatic heterocycles. The number of aliphatic hydroxyl groups excluding tert-OH is 1. The first-order valence-electron chi connectivity index (χ1n) is 5.87. The van der Waals surface area contributed by atoms with E-state index in [0.29, 0.717) is 16.4 Å². The summed E-state index contributed by atoms with van der Waals surface area (Å²) in [4.78, 5) is 0. The van der Waals surface area contributed by atoms with Crippen molar-refractivity contribution in [3.8, 4) is 0 Å². The van der Waals surface area contributed by atoms with Gasteiger partial charge in [-0.1, -0.05) is 39.7 Å². The van der Waals surface area contributed by atoms with E-state index >= 15 is 0 Å². The molecule has 0 saturated carbocycles. The second kappa shape index (κ2) is 5.67. The molecule has 2 aromatic carbocycles. The summed E-state index contributed by atoms with van der Waals surface area (Å²) in [6.45, 7) is 0. The van der Waals surface area contributed by atoms with Gasteiger partial charge in [0.15, 0.2) is 5.58 Å². The number of aliphatic hydroxyl groups is 1. The molecule has 2 nitrogen and oxygen atoms in total. The predicted octanol–water partition coefficient (Wildman–Crippen LogP) is 5.54. The second-order valence-electron chi connectivity index (χ2n) is 4.38. The van der Waals surface area contributed by atoms with E-state index < -0.39 is 6.10 Å². The van der Waals surface area contributed by atoms with Gasteiger partial charge in [0, 0.05) is 19.0 Å². The fourth-order valence-corrected chi connectivity index (χ4v) is 3.26. The van der Waals surface area contributed by atoms with E-state index in [-0.39, 0.29) is 0 Å². The first-order valence-corrected chi connectivity index (χ1v) is 8.12. The normalized spacial score (nSPS) is 12.8. The summed E-state index contributed by atoms with van der Waals surface area (Å²) in [5.41, 5.74) is 1.37. The van der Waals surface area contributed by atoms with Crippen molar-refractivity contribution >= 4 is 61.1 Å². The zero-order valence-electron chi connectivity index (χ0n) is 10.1. The Morgan fingerprint density at radius 2 is 2.00 bits per heavy atom. The summed E-state index contributed by atoms with van der Waals surface area (Å²) < 4.78 is 7.60. The zero-order chi connectivity index (χ0) is 14.3. The summed E-state index contributed by atoms with van der Waals surface area (Å²) in [5.74, 6) is 0.482. The van der Waals surface area contributed by atoms with Crippen LogP contribution in [0.15, 0.2) is 51.4 Å². The third-order valence-electron chi connectivity index (χ3n) is 3.04. The van der Waals surface area contributed by atoms with Crippen molar-refractivity contribution < 1.29 is 9.52 Å². The molecular formula is C15H9BrClIO2. The molecule has 0 amide bonds. The minimum Gasteiger partial charge on any atom is -0.456 e. The second-order valence-corrected chi connectivity index (χ2v) is 6.88. The summed E-state index contributed by atoms with van der Waals surface area (Å²) in [7, 11) is 0. The van der Waals surface area contributed by atoms with E-state index in [2.05, 4.69) is 38.5 Å². The summed E-state index contributed by atoms with van der Waals surface area (Å²) in [6.07, 6.45) is -0.831. The van der Waals surface area contributed by atoms with Crippen molar-refractivity contribution in [1.29, 1.82) is 0 Å². The molecule has 0 aliphatic heterocycles. The largest absolute Gasteiger partial charge is 0.456 e. The molecule has 0 aliphatic carbocycles. The van der Waals surface area contributed by atoms with Crippen LogP contribution in [0, 0.1) is 3.57 Å². The van der Waals surface area contributed by atoms with Gasteiger partial charge in [-0.2, -0.15) is 0 Å². The Morgan fingerprint density at radius 3 is 2.75 bits per heavy atom. The van der Waals surface area contributed by atoms with Crippen LogP contribution in [0.1, 0.15) is 17.4 Å². The molecule has 0 spiro atoms. The molecule has 0 aliphatic rings. The molecule has 3 rings (SSSR count). The minimum atomic E-state index is -0.831. The number of furan rings is 1. The van der Waals surface area contributed by atoms with E-state index in [1.54, 1.807) is 6.07 Å². The maximum absolute atomic E-state index is 10.5. The molecule has 1 heterocycles. The topological polar surface area (TPSA) is 33.4 Å². The quantitative estimate of drug-likeness (QED) is 0.507. The molecule has 3 aromatic rings. The molecule has 0 fully saturated rings. The number of hydrogen-bond donors (Lipinski definition) is 1. The highest BCUT2D eigenvalue weighted by atomic mass is 127. The molecule has 5 heteroatoms. The van der Waals surface area contributed by atoms with Crippen molar-refractivity contribution in [2.75, 3.05) is 0 Å². The van der Waals surface area contributed by atoms with Crippen molar-refractivity contribution in [2.24, 2.45) is 0 Å². The van der Waals surface area contributed by atoms with Crippen LogP contribution in [-0.4, -0.2) is 5.11 Å². The van der Waals surface area contributed by atoms with E-state index in [4.69, 9.17) is 16.0 Å². The molecular weight excluding hydrogens is 454 g/mol. The lowest BCUT2D eigenvalue weighted by atomic mass is 10.1. The molecule has 1 atom stereocenters. The molecule has 1 N–H and O–H groups in total. The van der Waals surface area contributed by atoms with Crippen LogP contribution >= 0.6 is 50.1 Å². The van der Waals surface area contributed by atoms with E-state index in [9.17, 15) is 5.11 Å². The van der Waals surface area contributed by atoms with Crippen LogP contribution in [-0.2, 0) is 0 Å². The maximum atomic E-state index is 10.5. The number of hydrogen-bond acceptors (Lipinski definition) is 2. The monoisotopic (exact) mass is 462 g/mol. The van der Waals surface area contributed by atoms with Crippen LogP contribution in [0.25, 0.3) is 11.0 Å². The molecule has 1 unspecified atom stereocenters. The third-order valence-corrected chi connectivity index (χ3v) is 4.73. The maximum Gasteiger partial charge on any atom is 0.153 e. The number of fused-ring (bicyclic) bond motifs is 1. The first-order chi connectivity index (χ1) is 9.56. The molecule has 0 saturated heterocycles. The van der Waals surface area contributed by atoms with Crippen LogP contribution in [0.4, 0.5) is 0 Å². The lowest BCUT2D eigenvalue weighted by Gasteiger charge is -2.10. The number of halogens is 3. The average Bonchev–Trinajstić information content (AvgIpc) is 2.86. The highest BCUT2D eigenvalue weighted by molar-refractivity contribution is 14.1. The van der Waals surface area contributed by atoms with Gasteiger partial charge < -0.3 is 9.52 Å². The van der Waals surface area contributed by atoms with Crippen LogP contribution in [0.3, 0.4) is 0 Å². The Kier molecular flexibility index (Phi) is 4.08. The van der Waals surface area contributed by atoms with Crippen LogP contribution in [0.2, 0.25) is 5.02 Å². The van der Waals surface area contributed by atoms with Gasteiger partial charge in [-0.3, -0.25) is 0 Å². The fourth-order valence-electron chi connectivity index (χ4n) is 2.06. The minimum absolute atomic E-state index is 0.482. The molecule has 0 bridgehead atoms. The molecule has 20 heavy (non-hydrogen) atoms. The van der Waals surface area contributed by atoms with Gasteiger partial charge in [-0.25, -0.2) is 0 Å². The van der Waals surface area contributed by atoms with Crippen molar-refractivity contribution in [1.82, 2.24) is 0 Å². The van der Waals surface area contributed by atoms with Crippen LogP contribution < -0.4 is 0 Å². The summed E-state index contributed by atoms with van der Waals surface area (Å²) in [5, 5.41) is 11.9. The Morgan fingerprint density at radius 1 is 1.20 bits per heavy atom. The highest BCUT2D eigenvalue weighted by Crippen LogP contribution is 2.34. The highest BCUT2D eigenvalue weighted by Gasteiger charge is 2.19. The van der Waals surface area contributed by atoms with Gasteiger partial charge >= 0.3 is 0 Å². The van der Waals surface area contributed by atoms with E-state index in [1.807, 2.05) is 36.4 Å².